The summed E-state index contributed by atoms with van der Waals surface area (Å²) in [7, 11) is 0. The number of carbonyl (C=O) groups is 2. The van der Waals surface area contributed by atoms with Crippen LogP contribution in [0.25, 0.3) is 0 Å². The predicted molar refractivity (Wildman–Crippen MR) is 48.1 cm³/mol. The zero-order chi connectivity index (χ0) is 10.1. The third-order valence-corrected chi connectivity index (χ3v) is 1.93. The van der Waals surface area contributed by atoms with E-state index in [9.17, 15) is 9.59 Å². The molecule has 0 fully saturated rings. The topological polar surface area (TPSA) is 43.4 Å². The van der Waals surface area contributed by atoms with E-state index in [0.717, 1.165) is 0 Å². The predicted octanol–water partition coefficient (Wildman–Crippen LogP) is 1.39. The summed E-state index contributed by atoms with van der Waals surface area (Å²) >= 11 is 0. The van der Waals surface area contributed by atoms with Crippen LogP contribution in [-0.2, 0) is 14.3 Å². The Morgan fingerprint density at radius 1 is 1.54 bits per heavy atom. The van der Waals surface area contributed by atoms with Crippen molar-refractivity contribution >= 4 is 12.1 Å². The summed E-state index contributed by atoms with van der Waals surface area (Å²) in [6, 6.07) is 0. The molecule has 0 unspecified atom stereocenters. The van der Waals surface area contributed by atoms with Crippen molar-refractivity contribution in [3.05, 3.63) is 23.5 Å². The molecule has 0 saturated carbocycles. The maximum Gasteiger partial charge on any atom is 0.202 e. The van der Waals surface area contributed by atoms with E-state index in [-0.39, 0.29) is 5.78 Å². The van der Waals surface area contributed by atoms with Gasteiger partial charge in [0.1, 0.15) is 12.0 Å². The molecule has 70 valence electrons. The molecule has 0 atom stereocenters. The number of aldehydes is 1. The number of ether oxygens (including phenoxy) is 1. The third kappa shape index (κ3) is 1.86. The minimum absolute atomic E-state index is 0.0684. The molecule has 0 aliphatic carbocycles. The number of ketones is 1. The lowest BCUT2D eigenvalue weighted by Crippen LogP contribution is -2.27. The number of rotatable bonds is 2. The average molecular weight is 180 g/mol. The fraction of sp³-hybridized carbons (Fsp3) is 0.400. The first-order chi connectivity index (χ1) is 5.97. The van der Waals surface area contributed by atoms with E-state index in [1.54, 1.807) is 20.8 Å². The highest BCUT2D eigenvalue weighted by atomic mass is 16.5. The van der Waals surface area contributed by atoms with Crippen LogP contribution >= 0.6 is 0 Å². The van der Waals surface area contributed by atoms with E-state index < -0.39 is 5.60 Å². The molecule has 3 heteroatoms. The zero-order valence-electron chi connectivity index (χ0n) is 7.96. The van der Waals surface area contributed by atoms with Gasteiger partial charge in [-0.2, -0.15) is 0 Å². The lowest BCUT2D eigenvalue weighted by molar-refractivity contribution is -0.126. The second kappa shape index (κ2) is 3.17. The van der Waals surface area contributed by atoms with Crippen molar-refractivity contribution in [1.29, 1.82) is 0 Å². The molecular formula is C10H12O3. The van der Waals surface area contributed by atoms with E-state index in [1.807, 2.05) is 0 Å². The molecule has 0 aromatic carbocycles. The Labute approximate surface area is 77.1 Å². The van der Waals surface area contributed by atoms with Gasteiger partial charge in [0, 0.05) is 6.08 Å². The molecule has 0 spiro atoms. The molecule has 1 rings (SSSR count). The number of hydrogen-bond acceptors (Lipinski definition) is 3. The summed E-state index contributed by atoms with van der Waals surface area (Å²) in [6.07, 6.45) is 3.48. The van der Waals surface area contributed by atoms with Crippen LogP contribution in [0.15, 0.2) is 23.5 Å². The monoisotopic (exact) mass is 180 g/mol. The van der Waals surface area contributed by atoms with Gasteiger partial charge < -0.3 is 4.74 Å². The van der Waals surface area contributed by atoms with Crippen LogP contribution in [0.5, 0.6) is 0 Å². The molecular weight excluding hydrogens is 168 g/mol. The van der Waals surface area contributed by atoms with Crippen molar-refractivity contribution in [3.8, 4) is 0 Å². The van der Waals surface area contributed by atoms with Crippen LogP contribution in [-0.4, -0.2) is 17.7 Å². The van der Waals surface area contributed by atoms with Gasteiger partial charge in [-0.3, -0.25) is 9.59 Å². The van der Waals surface area contributed by atoms with E-state index in [4.69, 9.17) is 4.74 Å². The van der Waals surface area contributed by atoms with Crippen molar-refractivity contribution in [1.82, 2.24) is 0 Å². The first kappa shape index (κ1) is 9.71. The van der Waals surface area contributed by atoms with Crippen LogP contribution in [0.1, 0.15) is 20.8 Å². The molecule has 0 aromatic rings. The summed E-state index contributed by atoms with van der Waals surface area (Å²) < 4.78 is 5.36. The molecule has 1 aliphatic rings. The molecule has 0 aromatic heterocycles. The average Bonchev–Trinajstić information content (AvgIpc) is 2.27. The Morgan fingerprint density at radius 2 is 2.15 bits per heavy atom. The van der Waals surface area contributed by atoms with E-state index in [2.05, 4.69) is 0 Å². The Bertz CT molecular complexity index is 308. The molecule has 13 heavy (non-hydrogen) atoms. The number of allylic oxidation sites excluding steroid dienone is 2. The molecule has 0 bridgehead atoms. The molecule has 1 heterocycles. The second-order valence-electron chi connectivity index (χ2n) is 3.47. The maximum atomic E-state index is 11.3. The zero-order valence-corrected chi connectivity index (χ0v) is 7.96. The molecule has 0 radical (unpaired) electrons. The lowest BCUT2D eigenvalue weighted by atomic mass is 10.1. The van der Waals surface area contributed by atoms with Crippen LogP contribution in [0.4, 0.5) is 0 Å². The van der Waals surface area contributed by atoms with Crippen LogP contribution in [0.2, 0.25) is 0 Å². The van der Waals surface area contributed by atoms with Crippen LogP contribution in [0, 0.1) is 0 Å². The Balaban J connectivity index is 2.89. The van der Waals surface area contributed by atoms with E-state index in [0.29, 0.717) is 17.6 Å². The Morgan fingerprint density at radius 3 is 2.54 bits per heavy atom. The first-order valence-electron chi connectivity index (χ1n) is 4.05. The highest BCUT2D eigenvalue weighted by Gasteiger charge is 2.35. The van der Waals surface area contributed by atoms with Crippen LogP contribution < -0.4 is 0 Å². The number of carbonyl (C=O) groups excluding carboxylic acids is 2. The summed E-state index contributed by atoms with van der Waals surface area (Å²) in [4.78, 5) is 21.5. The van der Waals surface area contributed by atoms with Crippen molar-refractivity contribution in [2.24, 2.45) is 0 Å². The quantitative estimate of drug-likeness (QED) is 0.476. The van der Waals surface area contributed by atoms with Gasteiger partial charge in [0.05, 0.1) is 0 Å². The molecule has 0 amide bonds. The molecule has 1 aliphatic heterocycles. The van der Waals surface area contributed by atoms with Gasteiger partial charge in [-0.1, -0.05) is 0 Å². The van der Waals surface area contributed by atoms with Crippen molar-refractivity contribution in [2.75, 3.05) is 0 Å². The van der Waals surface area contributed by atoms with E-state index in [1.165, 1.54) is 12.2 Å². The second-order valence-corrected chi connectivity index (χ2v) is 3.47. The van der Waals surface area contributed by atoms with Crippen molar-refractivity contribution in [3.63, 3.8) is 0 Å². The number of hydrogen-bond donors (Lipinski definition) is 0. The van der Waals surface area contributed by atoms with Gasteiger partial charge in [-0.15, -0.1) is 0 Å². The summed E-state index contributed by atoms with van der Waals surface area (Å²) in [5.74, 6) is 0.420. The van der Waals surface area contributed by atoms with E-state index >= 15 is 0 Å². The molecule has 0 N–H and O–H groups in total. The Hall–Kier alpha value is -1.38. The third-order valence-electron chi connectivity index (χ3n) is 1.93. The largest absolute Gasteiger partial charge is 0.479 e. The Kier molecular flexibility index (Phi) is 2.36. The summed E-state index contributed by atoms with van der Waals surface area (Å²) in [5, 5.41) is 0. The highest BCUT2D eigenvalue weighted by molar-refractivity contribution is 5.99. The minimum Gasteiger partial charge on any atom is -0.479 e. The first-order valence-corrected chi connectivity index (χ1v) is 4.05. The van der Waals surface area contributed by atoms with Gasteiger partial charge >= 0.3 is 0 Å². The smallest absolute Gasteiger partial charge is 0.202 e. The van der Waals surface area contributed by atoms with Gasteiger partial charge in [0.15, 0.2) is 5.60 Å². The van der Waals surface area contributed by atoms with Crippen LogP contribution in [0.3, 0.4) is 0 Å². The van der Waals surface area contributed by atoms with Gasteiger partial charge in [-0.05, 0) is 32.4 Å². The fourth-order valence-corrected chi connectivity index (χ4v) is 1.03. The van der Waals surface area contributed by atoms with Gasteiger partial charge in [0.2, 0.25) is 5.78 Å². The normalized spacial score (nSPS) is 21.0. The molecule has 3 nitrogen and oxygen atoms in total. The molecule has 0 saturated heterocycles. The summed E-state index contributed by atoms with van der Waals surface area (Å²) in [5.41, 5.74) is -0.109. The lowest BCUT2D eigenvalue weighted by Gasteiger charge is -2.17. The fourth-order valence-electron chi connectivity index (χ4n) is 1.03. The van der Waals surface area contributed by atoms with Gasteiger partial charge in [-0.25, -0.2) is 0 Å². The summed E-state index contributed by atoms with van der Waals surface area (Å²) in [6.45, 7) is 5.13. The standard InChI is InChI=1S/C10H12O3/c1-7(4-5-11)8-6-9(12)10(2,3)13-8/h4-6H,1-3H3/b7-4+. The SMILES string of the molecule is C/C(=C\C=O)C1=CC(=O)C(C)(C)O1. The van der Waals surface area contributed by atoms with Crippen molar-refractivity contribution in [2.45, 2.75) is 26.4 Å². The minimum atomic E-state index is -0.784. The van der Waals surface area contributed by atoms with Crippen molar-refractivity contribution < 1.29 is 14.3 Å². The maximum absolute atomic E-state index is 11.3. The van der Waals surface area contributed by atoms with Gasteiger partial charge in [0.25, 0.3) is 0 Å². The highest BCUT2D eigenvalue weighted by Crippen LogP contribution is 2.28.